The number of carbonyl (C=O) groups is 1. The third-order valence-corrected chi connectivity index (χ3v) is 6.60. The van der Waals surface area contributed by atoms with Gasteiger partial charge < -0.3 is 5.32 Å². The lowest BCUT2D eigenvalue weighted by atomic mass is 10.1. The first-order valence-corrected chi connectivity index (χ1v) is 11.7. The fourth-order valence-corrected chi connectivity index (χ4v) is 4.57. The third kappa shape index (κ3) is 4.22. The lowest BCUT2D eigenvalue weighted by Crippen LogP contribution is -2.14. The van der Waals surface area contributed by atoms with E-state index in [9.17, 15) is 13.2 Å². The molecule has 0 aliphatic rings. The van der Waals surface area contributed by atoms with Gasteiger partial charge in [0.1, 0.15) is 0 Å². The van der Waals surface area contributed by atoms with E-state index in [-0.39, 0.29) is 10.8 Å². The number of aromatic nitrogens is 3. The number of benzene rings is 2. The van der Waals surface area contributed by atoms with Crippen molar-refractivity contribution in [3.05, 3.63) is 76.6 Å². The Balaban J connectivity index is 1.57. The van der Waals surface area contributed by atoms with Crippen molar-refractivity contribution in [1.82, 2.24) is 14.3 Å². The van der Waals surface area contributed by atoms with Gasteiger partial charge in [0, 0.05) is 29.4 Å². The van der Waals surface area contributed by atoms with Crippen LogP contribution in [0, 0.1) is 6.92 Å². The maximum Gasteiger partial charge on any atom is 0.258 e. The van der Waals surface area contributed by atoms with Crippen molar-refractivity contribution in [2.75, 3.05) is 11.6 Å². The Labute approximate surface area is 177 Å². The maximum absolute atomic E-state index is 12.9. The Bertz CT molecular complexity index is 1350. The number of nitrogens with one attached hydrogen (secondary N) is 1. The highest BCUT2D eigenvalue weighted by Crippen LogP contribution is 2.24. The molecule has 0 aliphatic heterocycles. The summed E-state index contributed by atoms with van der Waals surface area (Å²) in [6.45, 7) is 1.79. The van der Waals surface area contributed by atoms with Crippen molar-refractivity contribution >= 4 is 44.0 Å². The molecule has 30 heavy (non-hydrogen) atoms. The number of anilines is 1. The summed E-state index contributed by atoms with van der Waals surface area (Å²) in [5, 5.41) is 2.82. The predicted molar refractivity (Wildman–Crippen MR) is 117 cm³/mol. The van der Waals surface area contributed by atoms with Gasteiger partial charge in [0.15, 0.2) is 9.84 Å². The average molecular weight is 439 g/mol. The van der Waals surface area contributed by atoms with Crippen LogP contribution in [0.3, 0.4) is 0 Å². The molecule has 0 saturated heterocycles. The van der Waals surface area contributed by atoms with Crippen LogP contribution >= 0.6 is 11.5 Å². The van der Waals surface area contributed by atoms with Gasteiger partial charge in [-0.1, -0.05) is 12.1 Å². The highest BCUT2D eigenvalue weighted by Gasteiger charge is 2.20. The number of amides is 1. The second-order valence-electron chi connectivity index (χ2n) is 6.84. The van der Waals surface area contributed by atoms with E-state index in [1.807, 2.05) is 24.3 Å². The number of hydrogen-bond donors (Lipinski definition) is 1. The van der Waals surface area contributed by atoms with Crippen LogP contribution in [0.5, 0.6) is 0 Å². The molecule has 152 valence electrons. The summed E-state index contributed by atoms with van der Waals surface area (Å²) in [5.74, 6) is -0.294. The maximum atomic E-state index is 12.9. The van der Waals surface area contributed by atoms with Crippen molar-refractivity contribution in [1.29, 1.82) is 0 Å². The molecule has 0 radical (unpaired) electrons. The summed E-state index contributed by atoms with van der Waals surface area (Å²) >= 11 is 1.26. The van der Waals surface area contributed by atoms with Crippen LogP contribution in [0.2, 0.25) is 0 Å². The van der Waals surface area contributed by atoms with Crippen LogP contribution < -0.4 is 5.32 Å². The molecule has 0 spiro atoms. The molecule has 0 saturated carbocycles. The van der Waals surface area contributed by atoms with Gasteiger partial charge in [-0.05, 0) is 54.9 Å². The topological polar surface area (TPSA) is 102 Å². The Morgan fingerprint density at radius 1 is 1.07 bits per heavy atom. The van der Waals surface area contributed by atoms with E-state index in [1.165, 1.54) is 23.7 Å². The molecule has 2 aromatic carbocycles. The van der Waals surface area contributed by atoms with E-state index in [4.69, 9.17) is 0 Å². The fraction of sp³-hybridized carbons (Fsp3) is 0.143. The van der Waals surface area contributed by atoms with Crippen LogP contribution in [-0.4, -0.2) is 34.9 Å². The molecular weight excluding hydrogens is 420 g/mol. The molecule has 1 N–H and O–H groups in total. The Morgan fingerprint density at radius 3 is 2.47 bits per heavy atom. The van der Waals surface area contributed by atoms with E-state index < -0.39 is 9.84 Å². The summed E-state index contributed by atoms with van der Waals surface area (Å²) in [7, 11) is -3.29. The van der Waals surface area contributed by atoms with Gasteiger partial charge >= 0.3 is 0 Å². The minimum atomic E-state index is -3.29. The van der Waals surface area contributed by atoms with Gasteiger partial charge in [-0.2, -0.15) is 4.37 Å². The summed E-state index contributed by atoms with van der Waals surface area (Å²) in [4.78, 5) is 22.9. The Hall–Kier alpha value is -3.17. The molecule has 0 atom stereocenters. The zero-order valence-electron chi connectivity index (χ0n) is 16.3. The zero-order chi connectivity index (χ0) is 21.3. The lowest BCUT2D eigenvalue weighted by molar-refractivity contribution is 0.102. The van der Waals surface area contributed by atoms with Gasteiger partial charge in [0.25, 0.3) is 5.91 Å². The van der Waals surface area contributed by atoms with E-state index >= 15 is 0 Å². The van der Waals surface area contributed by atoms with Crippen LogP contribution in [0.4, 0.5) is 5.69 Å². The molecular formula is C21H18N4O3S2. The second-order valence-corrected chi connectivity index (χ2v) is 9.72. The number of fused-ring (bicyclic) bond motifs is 1. The van der Waals surface area contributed by atoms with Crippen LogP contribution in [-0.2, 0) is 16.3 Å². The molecule has 2 aromatic heterocycles. The van der Waals surface area contributed by atoms with Crippen molar-refractivity contribution in [3.63, 3.8) is 0 Å². The minimum absolute atomic E-state index is 0.199. The summed E-state index contributed by atoms with van der Waals surface area (Å²) in [5.41, 5.74) is 4.01. The average Bonchev–Trinajstić information content (AvgIpc) is 3.07. The van der Waals surface area contributed by atoms with E-state index in [1.54, 1.807) is 25.3 Å². The van der Waals surface area contributed by atoms with Gasteiger partial charge in [0.05, 0.1) is 32.9 Å². The molecule has 4 rings (SSSR count). The van der Waals surface area contributed by atoms with E-state index in [0.29, 0.717) is 23.4 Å². The third-order valence-electron chi connectivity index (χ3n) is 4.54. The number of sulfone groups is 1. The van der Waals surface area contributed by atoms with Gasteiger partial charge in [0.2, 0.25) is 0 Å². The predicted octanol–water partition coefficient (Wildman–Crippen LogP) is 3.64. The Morgan fingerprint density at radius 2 is 1.77 bits per heavy atom. The van der Waals surface area contributed by atoms with Crippen molar-refractivity contribution < 1.29 is 13.2 Å². The van der Waals surface area contributed by atoms with Gasteiger partial charge in [-0.15, -0.1) is 0 Å². The molecule has 1 amide bonds. The molecule has 4 aromatic rings. The first-order valence-electron chi connectivity index (χ1n) is 9.08. The SMILES string of the molecule is Cc1nsc(Cc2cnc3ccccc3n2)c1C(=O)Nc1ccc(S(C)(=O)=O)cc1. The molecule has 7 nitrogen and oxygen atoms in total. The second kappa shape index (κ2) is 7.92. The Kier molecular flexibility index (Phi) is 5.31. The lowest BCUT2D eigenvalue weighted by Gasteiger charge is -2.08. The molecule has 0 fully saturated rings. The number of para-hydroxylation sites is 2. The van der Waals surface area contributed by atoms with E-state index in [2.05, 4.69) is 19.7 Å². The number of rotatable bonds is 5. The van der Waals surface area contributed by atoms with Crippen LogP contribution in [0.15, 0.2) is 59.6 Å². The molecule has 9 heteroatoms. The molecule has 0 unspecified atom stereocenters. The van der Waals surface area contributed by atoms with Crippen molar-refractivity contribution in [2.45, 2.75) is 18.2 Å². The van der Waals surface area contributed by atoms with Crippen molar-refractivity contribution in [2.24, 2.45) is 0 Å². The van der Waals surface area contributed by atoms with Gasteiger partial charge in [-0.3, -0.25) is 9.78 Å². The largest absolute Gasteiger partial charge is 0.322 e. The van der Waals surface area contributed by atoms with E-state index in [0.717, 1.165) is 27.9 Å². The normalized spacial score (nSPS) is 11.5. The minimum Gasteiger partial charge on any atom is -0.322 e. The number of aryl methyl sites for hydroxylation is 1. The smallest absolute Gasteiger partial charge is 0.258 e. The first kappa shape index (κ1) is 20.1. The number of hydrogen-bond acceptors (Lipinski definition) is 7. The molecule has 2 heterocycles. The number of carbonyl (C=O) groups excluding carboxylic acids is 1. The standard InChI is InChI=1S/C21H18N4O3S2/c1-13-20(21(26)24-14-7-9-16(10-8-14)30(2,27)28)19(29-25-13)11-15-12-22-17-5-3-4-6-18(17)23-15/h3-10,12H,11H2,1-2H3,(H,24,26). The van der Waals surface area contributed by atoms with Crippen LogP contribution in [0.25, 0.3) is 11.0 Å². The quantitative estimate of drug-likeness (QED) is 0.510. The zero-order valence-corrected chi connectivity index (χ0v) is 17.9. The highest BCUT2D eigenvalue weighted by atomic mass is 32.2. The monoisotopic (exact) mass is 438 g/mol. The fourth-order valence-electron chi connectivity index (χ4n) is 3.05. The molecule has 0 bridgehead atoms. The number of nitrogens with zero attached hydrogens (tertiary/aromatic N) is 3. The summed E-state index contributed by atoms with van der Waals surface area (Å²) in [6.07, 6.45) is 3.30. The first-order chi connectivity index (χ1) is 14.3. The summed E-state index contributed by atoms with van der Waals surface area (Å²) < 4.78 is 27.5. The highest BCUT2D eigenvalue weighted by molar-refractivity contribution is 7.90. The van der Waals surface area contributed by atoms with Gasteiger partial charge in [-0.25, -0.2) is 13.4 Å². The summed E-state index contributed by atoms with van der Waals surface area (Å²) in [6, 6.07) is 13.7. The van der Waals surface area contributed by atoms with Crippen LogP contribution in [0.1, 0.15) is 26.6 Å². The van der Waals surface area contributed by atoms with Crippen molar-refractivity contribution in [3.8, 4) is 0 Å². The molecule has 0 aliphatic carbocycles.